The Morgan fingerprint density at radius 2 is 1.72 bits per heavy atom. The van der Waals surface area contributed by atoms with Crippen LogP contribution in [0.15, 0.2) is 40.8 Å². The van der Waals surface area contributed by atoms with Crippen molar-refractivity contribution >= 4 is 15.9 Å². The fourth-order valence-electron chi connectivity index (χ4n) is 4.18. The lowest BCUT2D eigenvalue weighted by molar-refractivity contribution is -0.121. The Hall–Kier alpha value is -1.66. The summed E-state index contributed by atoms with van der Waals surface area (Å²) in [7, 11) is -3.47. The molecular weight excluding hydrogens is 384 g/mol. The van der Waals surface area contributed by atoms with E-state index < -0.39 is 10.0 Å². The van der Waals surface area contributed by atoms with Crippen molar-refractivity contribution in [2.75, 3.05) is 6.54 Å². The summed E-state index contributed by atoms with van der Waals surface area (Å²) >= 11 is 0. The van der Waals surface area contributed by atoms with Crippen LogP contribution in [-0.2, 0) is 21.2 Å². The summed E-state index contributed by atoms with van der Waals surface area (Å²) in [6, 6.07) is 6.98. The van der Waals surface area contributed by atoms with Crippen molar-refractivity contribution in [3.8, 4) is 0 Å². The van der Waals surface area contributed by atoms with Gasteiger partial charge in [-0.1, -0.05) is 43.0 Å². The molecule has 0 aliphatic heterocycles. The number of amides is 1. The van der Waals surface area contributed by atoms with E-state index in [1.807, 2.05) is 12.1 Å². The molecule has 0 radical (unpaired) electrons. The number of carbonyl (C=O) groups is 1. The molecule has 0 unspecified atom stereocenters. The van der Waals surface area contributed by atoms with E-state index in [4.69, 9.17) is 0 Å². The minimum Gasteiger partial charge on any atom is -0.356 e. The maximum absolute atomic E-state index is 12.5. The van der Waals surface area contributed by atoms with Crippen molar-refractivity contribution in [3.05, 3.63) is 41.5 Å². The molecule has 29 heavy (non-hydrogen) atoms. The second kappa shape index (κ2) is 10.9. The van der Waals surface area contributed by atoms with E-state index in [2.05, 4.69) is 16.1 Å². The minimum atomic E-state index is -3.47. The van der Waals surface area contributed by atoms with Crippen LogP contribution in [0.4, 0.5) is 0 Å². The molecule has 0 saturated heterocycles. The average Bonchev–Trinajstić information content (AvgIpc) is 2.74. The van der Waals surface area contributed by atoms with E-state index in [9.17, 15) is 13.2 Å². The first-order chi connectivity index (χ1) is 14.0. The van der Waals surface area contributed by atoms with Crippen molar-refractivity contribution in [1.29, 1.82) is 0 Å². The first kappa shape index (κ1) is 22.0. The van der Waals surface area contributed by atoms with Crippen LogP contribution >= 0.6 is 0 Å². The Morgan fingerprint density at radius 3 is 2.41 bits per heavy atom. The summed E-state index contributed by atoms with van der Waals surface area (Å²) in [6.07, 6.45) is 14.4. The third kappa shape index (κ3) is 7.27. The summed E-state index contributed by atoms with van der Waals surface area (Å²) in [6.45, 7) is 0.703. The number of hydrogen-bond donors (Lipinski definition) is 2. The highest BCUT2D eigenvalue weighted by Gasteiger charge is 2.21. The van der Waals surface area contributed by atoms with E-state index >= 15 is 0 Å². The largest absolute Gasteiger partial charge is 0.356 e. The van der Waals surface area contributed by atoms with E-state index in [1.165, 1.54) is 37.7 Å². The van der Waals surface area contributed by atoms with Gasteiger partial charge in [0.15, 0.2) is 0 Å². The zero-order chi connectivity index (χ0) is 20.5. The first-order valence-electron chi connectivity index (χ1n) is 11.1. The van der Waals surface area contributed by atoms with Gasteiger partial charge in [0.25, 0.3) is 0 Å². The number of rotatable bonds is 9. The van der Waals surface area contributed by atoms with E-state index in [0.29, 0.717) is 24.3 Å². The van der Waals surface area contributed by atoms with E-state index in [0.717, 1.165) is 37.7 Å². The van der Waals surface area contributed by atoms with Gasteiger partial charge >= 0.3 is 0 Å². The predicted molar refractivity (Wildman–Crippen MR) is 116 cm³/mol. The molecule has 1 aromatic carbocycles. The van der Waals surface area contributed by atoms with Crippen molar-refractivity contribution in [2.24, 2.45) is 0 Å². The number of benzene rings is 1. The SMILES string of the molecule is O=C(CCc1ccc(S(=O)(=O)NC2CCCCC2)cc1)NCCC1=CCCCC1. The molecular formula is C23H34N2O3S. The molecule has 2 aliphatic rings. The molecule has 1 saturated carbocycles. The van der Waals surface area contributed by atoms with Crippen LogP contribution in [0.1, 0.15) is 76.2 Å². The standard InChI is InChI=1S/C23H34N2O3S/c26-23(24-18-17-19-7-3-1-4-8-19)16-13-20-11-14-22(15-12-20)29(27,28)25-21-9-5-2-6-10-21/h7,11-12,14-15,21,25H,1-6,8-10,13,16-18H2,(H,24,26). The summed E-state index contributed by atoms with van der Waals surface area (Å²) in [5.41, 5.74) is 2.45. The maximum Gasteiger partial charge on any atom is 0.240 e. The van der Waals surface area contributed by atoms with Gasteiger partial charge in [-0.05, 0) is 69.1 Å². The third-order valence-electron chi connectivity index (χ3n) is 5.95. The molecule has 2 N–H and O–H groups in total. The Kier molecular flexibility index (Phi) is 8.30. The number of sulfonamides is 1. The number of nitrogens with one attached hydrogen (secondary N) is 2. The second-order valence-corrected chi connectivity index (χ2v) is 10.0. The predicted octanol–water partition coefficient (Wildman–Crippen LogP) is 4.24. The number of hydrogen-bond acceptors (Lipinski definition) is 3. The molecule has 2 aliphatic carbocycles. The molecule has 1 aromatic rings. The zero-order valence-electron chi connectivity index (χ0n) is 17.3. The maximum atomic E-state index is 12.5. The molecule has 3 rings (SSSR count). The van der Waals surface area contributed by atoms with Gasteiger partial charge in [0.05, 0.1) is 4.90 Å². The lowest BCUT2D eigenvalue weighted by Crippen LogP contribution is -2.36. The highest BCUT2D eigenvalue weighted by atomic mass is 32.2. The summed E-state index contributed by atoms with van der Waals surface area (Å²) in [5, 5.41) is 3.00. The molecule has 1 fully saturated rings. The molecule has 6 heteroatoms. The Morgan fingerprint density at radius 1 is 0.966 bits per heavy atom. The number of allylic oxidation sites excluding steroid dienone is 1. The highest BCUT2D eigenvalue weighted by molar-refractivity contribution is 7.89. The number of aryl methyl sites for hydroxylation is 1. The minimum absolute atomic E-state index is 0.0528. The smallest absolute Gasteiger partial charge is 0.240 e. The first-order valence-corrected chi connectivity index (χ1v) is 12.6. The second-order valence-electron chi connectivity index (χ2n) is 8.31. The fraction of sp³-hybridized carbons (Fsp3) is 0.609. The monoisotopic (exact) mass is 418 g/mol. The van der Waals surface area contributed by atoms with Gasteiger partial charge in [-0.25, -0.2) is 13.1 Å². The highest BCUT2D eigenvalue weighted by Crippen LogP contribution is 2.21. The van der Waals surface area contributed by atoms with Gasteiger partial charge in [-0.3, -0.25) is 4.79 Å². The third-order valence-corrected chi connectivity index (χ3v) is 7.49. The molecule has 160 valence electrons. The van der Waals surface area contributed by atoms with Crippen LogP contribution in [0.2, 0.25) is 0 Å². The van der Waals surface area contributed by atoms with Crippen molar-refractivity contribution < 1.29 is 13.2 Å². The van der Waals surface area contributed by atoms with Crippen molar-refractivity contribution in [1.82, 2.24) is 10.0 Å². The topological polar surface area (TPSA) is 75.3 Å². The molecule has 0 spiro atoms. The Bertz CT molecular complexity index is 794. The normalized spacial score (nSPS) is 18.3. The molecule has 0 bridgehead atoms. The molecule has 1 amide bonds. The van der Waals surface area contributed by atoms with Crippen LogP contribution in [0.5, 0.6) is 0 Å². The molecule has 0 atom stereocenters. The summed E-state index contributed by atoms with van der Waals surface area (Å²) in [4.78, 5) is 12.4. The van der Waals surface area contributed by atoms with Crippen LogP contribution in [0, 0.1) is 0 Å². The van der Waals surface area contributed by atoms with Gasteiger partial charge in [0.1, 0.15) is 0 Å². The average molecular weight is 419 g/mol. The number of carbonyl (C=O) groups excluding carboxylic acids is 1. The Balaban J connectivity index is 1.41. The van der Waals surface area contributed by atoms with Crippen LogP contribution in [-0.4, -0.2) is 26.9 Å². The lowest BCUT2D eigenvalue weighted by Gasteiger charge is -2.22. The van der Waals surface area contributed by atoms with Crippen molar-refractivity contribution in [2.45, 2.75) is 88.0 Å². The van der Waals surface area contributed by atoms with Crippen LogP contribution in [0.3, 0.4) is 0 Å². The summed E-state index contributed by atoms with van der Waals surface area (Å²) < 4.78 is 27.9. The molecule has 5 nitrogen and oxygen atoms in total. The summed E-state index contributed by atoms with van der Waals surface area (Å²) in [5.74, 6) is 0.0528. The van der Waals surface area contributed by atoms with Crippen LogP contribution < -0.4 is 10.0 Å². The van der Waals surface area contributed by atoms with E-state index in [1.54, 1.807) is 12.1 Å². The van der Waals surface area contributed by atoms with E-state index in [-0.39, 0.29) is 11.9 Å². The Labute approximate surface area is 175 Å². The van der Waals surface area contributed by atoms with Gasteiger partial charge in [-0.15, -0.1) is 0 Å². The van der Waals surface area contributed by atoms with Gasteiger partial charge < -0.3 is 5.32 Å². The van der Waals surface area contributed by atoms with Gasteiger partial charge in [-0.2, -0.15) is 0 Å². The van der Waals surface area contributed by atoms with Crippen molar-refractivity contribution in [3.63, 3.8) is 0 Å². The van der Waals surface area contributed by atoms with Crippen LogP contribution in [0.25, 0.3) is 0 Å². The lowest BCUT2D eigenvalue weighted by atomic mass is 9.96. The molecule has 0 heterocycles. The van der Waals surface area contributed by atoms with Gasteiger partial charge in [0.2, 0.25) is 15.9 Å². The molecule has 0 aromatic heterocycles. The van der Waals surface area contributed by atoms with Gasteiger partial charge in [0, 0.05) is 19.0 Å². The quantitative estimate of drug-likeness (QED) is 0.589. The fourth-order valence-corrected chi connectivity index (χ4v) is 5.49. The zero-order valence-corrected chi connectivity index (χ0v) is 18.1.